The molecule has 186 valence electrons. The molecule has 2 aromatic rings. The van der Waals surface area contributed by atoms with Crippen LogP contribution in [0.4, 0.5) is 18.9 Å². The number of benzene rings is 1. The smallest absolute Gasteiger partial charge is 0.393 e. The zero-order valence-corrected chi connectivity index (χ0v) is 19.5. The average molecular weight is 480 g/mol. The van der Waals surface area contributed by atoms with Crippen molar-refractivity contribution in [3.63, 3.8) is 0 Å². The van der Waals surface area contributed by atoms with Gasteiger partial charge in [0.05, 0.1) is 41.7 Å². The van der Waals surface area contributed by atoms with Gasteiger partial charge in [-0.15, -0.1) is 0 Å². The van der Waals surface area contributed by atoms with Crippen LogP contribution in [0.15, 0.2) is 24.4 Å². The highest BCUT2D eigenvalue weighted by Crippen LogP contribution is 2.34. The summed E-state index contributed by atoms with van der Waals surface area (Å²) in [7, 11) is 0. The summed E-state index contributed by atoms with van der Waals surface area (Å²) in [4.78, 5) is 14.8. The molecule has 0 spiro atoms. The normalized spacial score (nSPS) is 23.0. The fourth-order valence-electron chi connectivity index (χ4n) is 5.08. The quantitative estimate of drug-likeness (QED) is 0.564. The van der Waals surface area contributed by atoms with E-state index in [2.05, 4.69) is 39.6 Å². The molecule has 34 heavy (non-hydrogen) atoms. The molecule has 0 unspecified atom stereocenters. The molecule has 1 saturated heterocycles. The van der Waals surface area contributed by atoms with E-state index in [9.17, 15) is 23.1 Å². The number of rotatable bonds is 7. The standard InChI is InChI=1S/C24H32F3N5O2/c1-14(2)23(34)15-3-6-18(7-4-15)32-12-17(13-32)30-22(33)11-28-21-10-29-31-20-8-5-16(9-19(20)21)24(25,26)27/h5,8-10,14-15,17-18,23,34H,3-4,6-7,11-13H2,1-2H3,(H,28,31)(H,30,33)/t15?,18?,23-/m1/s1. The molecule has 1 aromatic heterocycles. The molecule has 0 radical (unpaired) electrons. The lowest BCUT2D eigenvalue weighted by molar-refractivity contribution is -0.137. The first kappa shape index (κ1) is 24.7. The van der Waals surface area contributed by atoms with Crippen LogP contribution in [0.1, 0.15) is 45.1 Å². The molecule has 2 heterocycles. The van der Waals surface area contributed by atoms with Crippen molar-refractivity contribution in [1.29, 1.82) is 0 Å². The largest absolute Gasteiger partial charge is 0.416 e. The zero-order chi connectivity index (χ0) is 24.5. The highest BCUT2D eigenvalue weighted by molar-refractivity contribution is 5.92. The van der Waals surface area contributed by atoms with Crippen LogP contribution in [-0.4, -0.2) is 63.9 Å². The molecule has 10 heteroatoms. The second-order valence-corrected chi connectivity index (χ2v) is 9.86. The van der Waals surface area contributed by atoms with Crippen molar-refractivity contribution in [3.05, 3.63) is 30.0 Å². The molecular weight excluding hydrogens is 447 g/mol. The first-order chi connectivity index (χ1) is 16.1. The Bertz CT molecular complexity index is 1000. The van der Waals surface area contributed by atoms with Crippen LogP contribution < -0.4 is 10.6 Å². The van der Waals surface area contributed by atoms with Gasteiger partial charge in [0.1, 0.15) is 0 Å². The minimum absolute atomic E-state index is 0.0638. The van der Waals surface area contributed by atoms with Crippen LogP contribution in [0.5, 0.6) is 0 Å². The predicted octanol–water partition coefficient (Wildman–Crippen LogP) is 3.44. The number of likely N-dealkylation sites (tertiary alicyclic amines) is 1. The third-order valence-corrected chi connectivity index (χ3v) is 7.10. The van der Waals surface area contributed by atoms with Crippen LogP contribution in [0.3, 0.4) is 0 Å². The lowest BCUT2D eigenvalue weighted by Crippen LogP contribution is -2.63. The summed E-state index contributed by atoms with van der Waals surface area (Å²) in [6, 6.07) is 3.82. The highest BCUT2D eigenvalue weighted by atomic mass is 19.4. The van der Waals surface area contributed by atoms with Gasteiger partial charge >= 0.3 is 6.18 Å². The Kier molecular flexibility index (Phi) is 7.28. The van der Waals surface area contributed by atoms with Gasteiger partial charge in [0, 0.05) is 24.5 Å². The number of aliphatic hydroxyl groups excluding tert-OH is 1. The summed E-state index contributed by atoms with van der Waals surface area (Å²) >= 11 is 0. The third-order valence-electron chi connectivity index (χ3n) is 7.10. The zero-order valence-electron chi connectivity index (χ0n) is 19.5. The molecule has 2 fully saturated rings. The van der Waals surface area contributed by atoms with Gasteiger partial charge in [-0.05, 0) is 55.7 Å². The minimum atomic E-state index is -4.46. The first-order valence-corrected chi connectivity index (χ1v) is 11.9. The number of amides is 1. The van der Waals surface area contributed by atoms with Gasteiger partial charge in [0.2, 0.25) is 5.91 Å². The molecule has 2 aliphatic rings. The number of carbonyl (C=O) groups excluding carboxylic acids is 1. The number of fused-ring (bicyclic) bond motifs is 1. The van der Waals surface area contributed by atoms with E-state index in [4.69, 9.17) is 0 Å². The number of anilines is 1. The molecule has 1 atom stereocenters. The van der Waals surface area contributed by atoms with Gasteiger partial charge in [-0.25, -0.2) is 0 Å². The summed E-state index contributed by atoms with van der Waals surface area (Å²) in [6.07, 6.45) is 0.835. The van der Waals surface area contributed by atoms with Crippen molar-refractivity contribution in [2.75, 3.05) is 25.0 Å². The maximum Gasteiger partial charge on any atom is 0.416 e. The van der Waals surface area contributed by atoms with Crippen molar-refractivity contribution >= 4 is 22.5 Å². The third kappa shape index (κ3) is 5.60. The summed E-state index contributed by atoms with van der Waals surface area (Å²) in [5, 5.41) is 24.1. The number of alkyl halides is 3. The molecule has 1 aliphatic heterocycles. The van der Waals surface area contributed by atoms with Crippen molar-refractivity contribution in [2.45, 2.75) is 63.9 Å². The first-order valence-electron chi connectivity index (χ1n) is 11.9. The number of halogens is 3. The van der Waals surface area contributed by atoms with E-state index in [0.29, 0.717) is 23.2 Å². The number of carbonyl (C=O) groups is 1. The molecule has 1 aromatic carbocycles. The number of aromatic nitrogens is 2. The number of aliphatic hydroxyl groups is 1. The summed E-state index contributed by atoms with van der Waals surface area (Å²) in [5.41, 5.74) is -0.117. The van der Waals surface area contributed by atoms with Crippen molar-refractivity contribution in [1.82, 2.24) is 20.4 Å². The lowest BCUT2D eigenvalue weighted by Gasteiger charge is -2.47. The molecule has 7 nitrogen and oxygen atoms in total. The summed E-state index contributed by atoms with van der Waals surface area (Å²) in [5.74, 6) is 0.446. The lowest BCUT2D eigenvalue weighted by atomic mass is 9.78. The Morgan fingerprint density at radius 3 is 2.56 bits per heavy atom. The van der Waals surface area contributed by atoms with Crippen LogP contribution in [0.25, 0.3) is 10.9 Å². The number of nitrogens with one attached hydrogen (secondary N) is 2. The number of hydrogen-bond acceptors (Lipinski definition) is 6. The van der Waals surface area contributed by atoms with E-state index in [1.54, 1.807) is 0 Å². The molecule has 1 amide bonds. The molecule has 1 saturated carbocycles. The van der Waals surface area contributed by atoms with Gasteiger partial charge < -0.3 is 15.7 Å². The molecule has 1 aliphatic carbocycles. The van der Waals surface area contributed by atoms with E-state index < -0.39 is 11.7 Å². The fraction of sp³-hybridized carbons (Fsp3) is 0.625. The van der Waals surface area contributed by atoms with E-state index in [0.717, 1.165) is 50.9 Å². The average Bonchev–Trinajstić information content (AvgIpc) is 2.78. The van der Waals surface area contributed by atoms with Crippen LogP contribution in [-0.2, 0) is 11.0 Å². The van der Waals surface area contributed by atoms with E-state index >= 15 is 0 Å². The second-order valence-electron chi connectivity index (χ2n) is 9.86. The van der Waals surface area contributed by atoms with Gasteiger partial charge in [0.25, 0.3) is 0 Å². The predicted molar refractivity (Wildman–Crippen MR) is 123 cm³/mol. The fourth-order valence-corrected chi connectivity index (χ4v) is 5.08. The monoisotopic (exact) mass is 479 g/mol. The Hall–Kier alpha value is -2.46. The Balaban J connectivity index is 1.24. The van der Waals surface area contributed by atoms with Gasteiger partial charge in [-0.1, -0.05) is 13.8 Å². The Labute approximate surface area is 197 Å². The number of nitrogens with zero attached hydrogens (tertiary/aromatic N) is 3. The van der Waals surface area contributed by atoms with Crippen LogP contribution in [0, 0.1) is 11.8 Å². The van der Waals surface area contributed by atoms with Crippen molar-refractivity contribution in [2.24, 2.45) is 11.8 Å². The maximum absolute atomic E-state index is 13.1. The molecule has 0 bridgehead atoms. The van der Waals surface area contributed by atoms with Crippen LogP contribution in [0.2, 0.25) is 0 Å². The summed E-state index contributed by atoms with van der Waals surface area (Å²) < 4.78 is 39.2. The van der Waals surface area contributed by atoms with Gasteiger partial charge in [0.15, 0.2) is 0 Å². The molecule has 3 N–H and O–H groups in total. The highest BCUT2D eigenvalue weighted by Gasteiger charge is 2.36. The maximum atomic E-state index is 13.1. The topological polar surface area (TPSA) is 90.4 Å². The van der Waals surface area contributed by atoms with Crippen molar-refractivity contribution in [3.8, 4) is 0 Å². The Morgan fingerprint density at radius 1 is 1.21 bits per heavy atom. The van der Waals surface area contributed by atoms with Gasteiger partial charge in [-0.2, -0.15) is 23.4 Å². The second kappa shape index (κ2) is 10.0. The Morgan fingerprint density at radius 2 is 1.91 bits per heavy atom. The molecular formula is C24H32F3N5O2. The number of hydrogen-bond donors (Lipinski definition) is 3. The van der Waals surface area contributed by atoms with E-state index in [1.807, 2.05) is 0 Å². The van der Waals surface area contributed by atoms with E-state index in [-0.39, 0.29) is 35.9 Å². The molecule has 4 rings (SSSR count). The van der Waals surface area contributed by atoms with Crippen molar-refractivity contribution < 1.29 is 23.1 Å². The van der Waals surface area contributed by atoms with Gasteiger partial charge in [-0.3, -0.25) is 9.69 Å². The van der Waals surface area contributed by atoms with E-state index in [1.165, 1.54) is 12.3 Å². The van der Waals surface area contributed by atoms with Crippen LogP contribution >= 0.6 is 0 Å². The summed E-state index contributed by atoms with van der Waals surface area (Å²) in [6.45, 7) is 5.64. The minimum Gasteiger partial charge on any atom is -0.393 e. The SMILES string of the molecule is CC(C)[C@@H](O)C1CCC(N2CC(NC(=O)CNc3cnnc4ccc(C(F)(F)F)cc34)C2)CC1.